The maximum Gasteiger partial charge on any atom is 0.335 e. The Hall–Kier alpha value is -2.34. The Morgan fingerprint density at radius 3 is 2.62 bits per heavy atom. The van der Waals surface area contributed by atoms with E-state index in [2.05, 4.69) is 0 Å². The van der Waals surface area contributed by atoms with Gasteiger partial charge in [-0.15, -0.1) is 0 Å². The van der Waals surface area contributed by atoms with Gasteiger partial charge in [-0.2, -0.15) is 0 Å². The number of fused-ring (bicyclic) bond motifs is 1. The molecular formula is C18H17NO4S. The number of thioether (sulfide) groups is 1. The van der Waals surface area contributed by atoms with Gasteiger partial charge in [0.2, 0.25) is 5.91 Å². The number of aromatic carboxylic acids is 1. The van der Waals surface area contributed by atoms with Crippen molar-refractivity contribution in [1.29, 1.82) is 0 Å². The molecule has 1 N–H and O–H groups in total. The van der Waals surface area contributed by atoms with Crippen molar-refractivity contribution >= 4 is 45.2 Å². The number of amides is 1. The van der Waals surface area contributed by atoms with Crippen LogP contribution in [-0.4, -0.2) is 34.4 Å². The van der Waals surface area contributed by atoms with E-state index in [1.165, 1.54) is 18.7 Å². The summed E-state index contributed by atoms with van der Waals surface area (Å²) in [7, 11) is 0. The average molecular weight is 343 g/mol. The molecule has 2 aromatic rings. The van der Waals surface area contributed by atoms with E-state index in [9.17, 15) is 14.4 Å². The van der Waals surface area contributed by atoms with Crippen LogP contribution in [-0.2, 0) is 9.59 Å². The molecule has 2 aromatic carbocycles. The summed E-state index contributed by atoms with van der Waals surface area (Å²) in [6.07, 6.45) is 0.455. The fourth-order valence-electron chi connectivity index (χ4n) is 2.91. The second-order valence-electron chi connectivity index (χ2n) is 5.93. The highest BCUT2D eigenvalue weighted by molar-refractivity contribution is 8.13. The zero-order valence-corrected chi connectivity index (χ0v) is 14.0. The number of anilines is 1. The highest BCUT2D eigenvalue weighted by Crippen LogP contribution is 2.30. The topological polar surface area (TPSA) is 74.7 Å². The van der Waals surface area contributed by atoms with Gasteiger partial charge in [0, 0.05) is 31.3 Å². The highest BCUT2D eigenvalue weighted by atomic mass is 32.2. The molecule has 0 aromatic heterocycles. The van der Waals surface area contributed by atoms with Gasteiger partial charge >= 0.3 is 5.97 Å². The summed E-state index contributed by atoms with van der Waals surface area (Å²) < 4.78 is 0. The summed E-state index contributed by atoms with van der Waals surface area (Å²) in [5.74, 6) is -0.0590. The van der Waals surface area contributed by atoms with Crippen molar-refractivity contribution < 1.29 is 19.5 Å². The summed E-state index contributed by atoms with van der Waals surface area (Å²) in [6, 6.07) is 10.5. The van der Waals surface area contributed by atoms with Crippen LogP contribution in [0.5, 0.6) is 0 Å². The van der Waals surface area contributed by atoms with Gasteiger partial charge in [0.15, 0.2) is 5.12 Å². The Kier molecular flexibility index (Phi) is 4.57. The van der Waals surface area contributed by atoms with E-state index >= 15 is 0 Å². The maximum absolute atomic E-state index is 12.3. The van der Waals surface area contributed by atoms with Crippen molar-refractivity contribution in [2.45, 2.75) is 13.3 Å². The van der Waals surface area contributed by atoms with Crippen LogP contribution in [0.4, 0.5) is 5.69 Å². The molecule has 6 heteroatoms. The minimum absolute atomic E-state index is 0.0608. The summed E-state index contributed by atoms with van der Waals surface area (Å²) in [4.78, 5) is 36.1. The molecule has 1 saturated heterocycles. The second kappa shape index (κ2) is 6.65. The van der Waals surface area contributed by atoms with E-state index in [0.29, 0.717) is 18.7 Å². The van der Waals surface area contributed by atoms with E-state index < -0.39 is 5.97 Å². The van der Waals surface area contributed by atoms with Crippen LogP contribution >= 0.6 is 11.8 Å². The standard InChI is InChI=1S/C18H17NO4S/c1-11(20)24-10-12-6-17(21)19(9-12)16-5-4-13-7-15(18(22)23)3-2-14(13)8-16/h2-5,7-8,12H,6,9-10H2,1H3,(H,22,23). The lowest BCUT2D eigenvalue weighted by Crippen LogP contribution is -2.24. The first-order valence-electron chi connectivity index (χ1n) is 7.65. The van der Waals surface area contributed by atoms with Crippen LogP contribution in [0.1, 0.15) is 23.7 Å². The predicted molar refractivity (Wildman–Crippen MR) is 94.5 cm³/mol. The van der Waals surface area contributed by atoms with Gasteiger partial charge < -0.3 is 10.0 Å². The number of benzene rings is 2. The van der Waals surface area contributed by atoms with Gasteiger partial charge in [0.1, 0.15) is 0 Å². The van der Waals surface area contributed by atoms with Crippen molar-refractivity contribution in [1.82, 2.24) is 0 Å². The second-order valence-corrected chi connectivity index (χ2v) is 7.13. The van der Waals surface area contributed by atoms with Crippen molar-refractivity contribution in [2.75, 3.05) is 17.2 Å². The Balaban J connectivity index is 1.81. The summed E-state index contributed by atoms with van der Waals surface area (Å²) in [6.45, 7) is 2.14. The van der Waals surface area contributed by atoms with Crippen molar-refractivity contribution in [3.05, 3.63) is 42.0 Å². The average Bonchev–Trinajstić information content (AvgIpc) is 2.92. The molecule has 1 heterocycles. The molecule has 0 saturated carbocycles. The molecule has 5 nitrogen and oxygen atoms in total. The van der Waals surface area contributed by atoms with Gasteiger partial charge in [-0.25, -0.2) is 4.79 Å². The van der Waals surface area contributed by atoms with E-state index in [-0.39, 0.29) is 22.5 Å². The number of carboxylic acid groups (broad SMARTS) is 1. The summed E-state index contributed by atoms with van der Waals surface area (Å²) in [5.41, 5.74) is 1.06. The zero-order valence-electron chi connectivity index (χ0n) is 13.2. The number of rotatable bonds is 4. The zero-order chi connectivity index (χ0) is 17.3. The van der Waals surface area contributed by atoms with E-state index in [1.54, 1.807) is 23.1 Å². The molecule has 0 radical (unpaired) electrons. The Morgan fingerprint density at radius 1 is 1.21 bits per heavy atom. The Morgan fingerprint density at radius 2 is 1.92 bits per heavy atom. The third kappa shape index (κ3) is 3.43. The van der Waals surface area contributed by atoms with Crippen molar-refractivity contribution in [3.8, 4) is 0 Å². The highest BCUT2D eigenvalue weighted by Gasteiger charge is 2.30. The van der Waals surface area contributed by atoms with Crippen LogP contribution in [0.15, 0.2) is 36.4 Å². The lowest BCUT2D eigenvalue weighted by atomic mass is 10.1. The molecule has 24 heavy (non-hydrogen) atoms. The number of carbonyl (C=O) groups is 3. The van der Waals surface area contributed by atoms with Crippen LogP contribution in [0, 0.1) is 5.92 Å². The van der Waals surface area contributed by atoms with E-state index in [4.69, 9.17) is 5.11 Å². The largest absolute Gasteiger partial charge is 0.478 e. The smallest absolute Gasteiger partial charge is 0.335 e. The Bertz CT molecular complexity index is 833. The van der Waals surface area contributed by atoms with Gasteiger partial charge in [-0.3, -0.25) is 9.59 Å². The quantitative estimate of drug-likeness (QED) is 0.923. The molecule has 0 bridgehead atoms. The van der Waals surface area contributed by atoms with Gasteiger partial charge in [0.25, 0.3) is 0 Å². The molecule has 1 aliphatic rings. The molecule has 1 atom stereocenters. The van der Waals surface area contributed by atoms with E-state index in [1.807, 2.05) is 18.2 Å². The number of carboxylic acids is 1. The molecule has 1 amide bonds. The van der Waals surface area contributed by atoms with Gasteiger partial charge in [-0.05, 0) is 41.0 Å². The van der Waals surface area contributed by atoms with Gasteiger partial charge in [-0.1, -0.05) is 23.9 Å². The number of hydrogen-bond donors (Lipinski definition) is 1. The lowest BCUT2D eigenvalue weighted by Gasteiger charge is -2.17. The molecule has 1 aliphatic heterocycles. The fourth-order valence-corrected chi connectivity index (χ4v) is 3.61. The summed E-state index contributed by atoms with van der Waals surface area (Å²) >= 11 is 1.26. The number of nitrogens with zero attached hydrogens (tertiary/aromatic N) is 1. The third-order valence-corrected chi connectivity index (χ3v) is 5.15. The molecule has 3 rings (SSSR count). The number of hydrogen-bond acceptors (Lipinski definition) is 4. The monoisotopic (exact) mass is 343 g/mol. The van der Waals surface area contributed by atoms with Crippen molar-refractivity contribution in [3.63, 3.8) is 0 Å². The molecule has 1 fully saturated rings. The molecule has 124 valence electrons. The normalized spacial score (nSPS) is 17.5. The van der Waals surface area contributed by atoms with Gasteiger partial charge in [0.05, 0.1) is 5.56 Å². The first-order valence-corrected chi connectivity index (χ1v) is 8.63. The van der Waals surface area contributed by atoms with Crippen molar-refractivity contribution in [2.24, 2.45) is 5.92 Å². The minimum atomic E-state index is -0.957. The first kappa shape index (κ1) is 16.5. The first-order chi connectivity index (χ1) is 11.4. The Labute approximate surface area is 143 Å². The molecular weight excluding hydrogens is 326 g/mol. The molecule has 0 spiro atoms. The van der Waals surface area contributed by atoms with Crippen LogP contribution in [0.2, 0.25) is 0 Å². The predicted octanol–water partition coefficient (Wildman–Crippen LogP) is 3.17. The van der Waals surface area contributed by atoms with E-state index in [0.717, 1.165) is 16.5 Å². The third-order valence-electron chi connectivity index (χ3n) is 4.11. The molecule has 0 aliphatic carbocycles. The number of carbonyl (C=O) groups excluding carboxylic acids is 2. The SMILES string of the molecule is CC(=O)SCC1CC(=O)N(c2ccc3cc(C(=O)O)ccc3c2)C1. The van der Waals surface area contributed by atoms with Crippen LogP contribution in [0.25, 0.3) is 10.8 Å². The van der Waals surface area contributed by atoms with Crippen LogP contribution < -0.4 is 4.90 Å². The maximum atomic E-state index is 12.3. The van der Waals surface area contributed by atoms with Crippen LogP contribution in [0.3, 0.4) is 0 Å². The molecule has 1 unspecified atom stereocenters. The lowest BCUT2D eigenvalue weighted by molar-refractivity contribution is -0.117. The summed E-state index contributed by atoms with van der Waals surface area (Å²) in [5, 5.41) is 10.8. The fraction of sp³-hybridized carbons (Fsp3) is 0.278. The minimum Gasteiger partial charge on any atom is -0.478 e.